The topological polar surface area (TPSA) is 75.4 Å². The predicted molar refractivity (Wildman–Crippen MR) is 84.6 cm³/mol. The summed E-state index contributed by atoms with van der Waals surface area (Å²) in [5, 5.41) is 3.42. The Kier molecular flexibility index (Phi) is 7.15. The first-order valence-corrected chi connectivity index (χ1v) is 8.20. The van der Waals surface area contributed by atoms with Crippen molar-refractivity contribution >= 4 is 11.8 Å². The molecule has 0 saturated carbocycles. The number of likely N-dealkylation sites (tertiary alicyclic amines) is 1. The van der Waals surface area contributed by atoms with Crippen LogP contribution in [0.1, 0.15) is 53.4 Å². The van der Waals surface area contributed by atoms with Crippen LogP contribution in [0.2, 0.25) is 0 Å². The summed E-state index contributed by atoms with van der Waals surface area (Å²) in [6.45, 7) is 9.63. The maximum atomic E-state index is 12.1. The van der Waals surface area contributed by atoms with E-state index in [1.54, 1.807) is 0 Å². The minimum absolute atomic E-state index is 0.0460. The Morgan fingerprint density at radius 2 is 2.05 bits per heavy atom. The van der Waals surface area contributed by atoms with Crippen molar-refractivity contribution in [3.8, 4) is 0 Å². The van der Waals surface area contributed by atoms with Crippen molar-refractivity contribution in [2.24, 2.45) is 17.6 Å². The number of nitrogens with one attached hydrogen (secondary N) is 1. The second-order valence-corrected chi connectivity index (χ2v) is 6.58. The van der Waals surface area contributed by atoms with Gasteiger partial charge in [-0.2, -0.15) is 0 Å². The Balaban J connectivity index is 2.54. The van der Waals surface area contributed by atoms with E-state index >= 15 is 0 Å². The molecule has 0 spiro atoms. The summed E-state index contributed by atoms with van der Waals surface area (Å²) in [6, 6.07) is 0.0142. The van der Waals surface area contributed by atoms with Crippen LogP contribution in [0, 0.1) is 11.8 Å². The molecule has 0 aromatic heterocycles. The van der Waals surface area contributed by atoms with Crippen LogP contribution in [-0.2, 0) is 9.59 Å². The lowest BCUT2D eigenvalue weighted by atomic mass is 9.91. The van der Waals surface area contributed by atoms with Gasteiger partial charge in [0.1, 0.15) is 0 Å². The van der Waals surface area contributed by atoms with Crippen LogP contribution < -0.4 is 11.1 Å². The zero-order valence-corrected chi connectivity index (χ0v) is 13.9. The molecule has 1 heterocycles. The van der Waals surface area contributed by atoms with Gasteiger partial charge in [0.25, 0.3) is 0 Å². The molecule has 3 N–H and O–H groups in total. The lowest BCUT2D eigenvalue weighted by Crippen LogP contribution is -2.55. The number of piperidine rings is 1. The summed E-state index contributed by atoms with van der Waals surface area (Å²) in [4.78, 5) is 25.5. The molecule has 1 aliphatic heterocycles. The quantitative estimate of drug-likeness (QED) is 0.748. The molecule has 1 fully saturated rings. The van der Waals surface area contributed by atoms with Crippen LogP contribution in [0.15, 0.2) is 0 Å². The molecule has 0 aromatic carbocycles. The van der Waals surface area contributed by atoms with Crippen LogP contribution in [0.3, 0.4) is 0 Å². The van der Waals surface area contributed by atoms with Gasteiger partial charge in [-0.25, -0.2) is 0 Å². The van der Waals surface area contributed by atoms with Gasteiger partial charge in [0.05, 0.1) is 6.04 Å². The van der Waals surface area contributed by atoms with E-state index in [4.69, 9.17) is 5.73 Å². The maximum absolute atomic E-state index is 12.1. The third-order valence-corrected chi connectivity index (χ3v) is 4.32. The van der Waals surface area contributed by atoms with Gasteiger partial charge in [0, 0.05) is 25.0 Å². The predicted octanol–water partition coefficient (Wildman–Crippen LogP) is 1.51. The third-order valence-electron chi connectivity index (χ3n) is 4.32. The van der Waals surface area contributed by atoms with E-state index in [2.05, 4.69) is 19.2 Å². The average Bonchev–Trinajstić information content (AvgIpc) is 2.43. The summed E-state index contributed by atoms with van der Waals surface area (Å²) in [7, 11) is 0. The number of carbonyl (C=O) groups is 2. The van der Waals surface area contributed by atoms with Crippen molar-refractivity contribution in [3.05, 3.63) is 0 Å². The first-order valence-electron chi connectivity index (χ1n) is 8.20. The number of hydrogen-bond donors (Lipinski definition) is 2. The highest BCUT2D eigenvalue weighted by atomic mass is 16.2. The fourth-order valence-corrected chi connectivity index (χ4v) is 2.93. The second-order valence-electron chi connectivity index (χ2n) is 6.58. The Morgan fingerprint density at radius 1 is 1.38 bits per heavy atom. The molecule has 1 rings (SSSR count). The Labute approximate surface area is 128 Å². The minimum atomic E-state index is -0.267. The SMILES string of the molecule is CCCCC(NC1CCN(C(=O)C(C)C)CC1C)C(N)=O. The van der Waals surface area contributed by atoms with Gasteiger partial charge in [-0.05, 0) is 18.8 Å². The van der Waals surface area contributed by atoms with Crippen LogP contribution >= 0.6 is 0 Å². The Bertz CT molecular complexity index is 357. The molecule has 3 unspecified atom stereocenters. The third kappa shape index (κ3) is 5.30. The smallest absolute Gasteiger partial charge is 0.234 e. The molecular formula is C16H31N3O2. The second kappa shape index (κ2) is 8.37. The normalized spacial score (nSPS) is 24.1. The first-order chi connectivity index (χ1) is 9.86. The number of nitrogens with two attached hydrogens (primary N) is 1. The van der Waals surface area contributed by atoms with Crippen molar-refractivity contribution in [2.45, 2.75) is 65.5 Å². The number of rotatable bonds is 7. The minimum Gasteiger partial charge on any atom is -0.368 e. The van der Waals surface area contributed by atoms with Gasteiger partial charge >= 0.3 is 0 Å². The highest BCUT2D eigenvalue weighted by Gasteiger charge is 2.31. The fraction of sp³-hybridized carbons (Fsp3) is 0.875. The monoisotopic (exact) mass is 297 g/mol. The van der Waals surface area contributed by atoms with Gasteiger partial charge in [-0.3, -0.25) is 9.59 Å². The summed E-state index contributed by atoms with van der Waals surface area (Å²) in [5.74, 6) is 0.337. The van der Waals surface area contributed by atoms with E-state index < -0.39 is 0 Å². The number of nitrogens with zero attached hydrogens (tertiary/aromatic N) is 1. The van der Waals surface area contributed by atoms with Crippen molar-refractivity contribution in [1.82, 2.24) is 10.2 Å². The molecule has 0 aromatic rings. The zero-order valence-electron chi connectivity index (χ0n) is 13.9. The molecule has 1 saturated heterocycles. The van der Waals surface area contributed by atoms with E-state index in [9.17, 15) is 9.59 Å². The van der Waals surface area contributed by atoms with Crippen LogP contribution in [0.4, 0.5) is 0 Å². The van der Waals surface area contributed by atoms with Crippen LogP contribution in [-0.4, -0.2) is 41.9 Å². The fourth-order valence-electron chi connectivity index (χ4n) is 2.93. The standard InChI is InChI=1S/C16H31N3O2/c1-5-6-7-14(15(17)20)18-13-8-9-19(10-12(13)4)16(21)11(2)3/h11-14,18H,5-10H2,1-4H3,(H2,17,20). The van der Waals surface area contributed by atoms with Gasteiger partial charge in [-0.15, -0.1) is 0 Å². The lowest BCUT2D eigenvalue weighted by molar-refractivity contribution is -0.136. The molecule has 2 amide bonds. The highest BCUT2D eigenvalue weighted by Crippen LogP contribution is 2.19. The van der Waals surface area contributed by atoms with Crippen molar-refractivity contribution in [3.63, 3.8) is 0 Å². The summed E-state index contributed by atoms with van der Waals surface area (Å²) >= 11 is 0. The van der Waals surface area contributed by atoms with E-state index in [0.717, 1.165) is 38.8 Å². The molecule has 122 valence electrons. The number of amides is 2. The molecule has 0 aliphatic carbocycles. The molecular weight excluding hydrogens is 266 g/mol. The average molecular weight is 297 g/mol. The van der Waals surface area contributed by atoms with Crippen molar-refractivity contribution in [2.75, 3.05) is 13.1 Å². The summed E-state index contributed by atoms with van der Waals surface area (Å²) in [5.41, 5.74) is 5.49. The van der Waals surface area contributed by atoms with Crippen molar-refractivity contribution < 1.29 is 9.59 Å². The number of primary amides is 1. The zero-order chi connectivity index (χ0) is 16.0. The molecule has 1 aliphatic rings. The molecule has 0 bridgehead atoms. The molecule has 3 atom stereocenters. The number of hydrogen-bond acceptors (Lipinski definition) is 3. The van der Waals surface area contributed by atoms with Gasteiger partial charge in [-0.1, -0.05) is 40.5 Å². The summed E-state index contributed by atoms with van der Waals surface area (Å²) < 4.78 is 0. The van der Waals surface area contributed by atoms with Crippen LogP contribution in [0.25, 0.3) is 0 Å². The molecule has 21 heavy (non-hydrogen) atoms. The van der Waals surface area contributed by atoms with E-state index in [1.807, 2.05) is 18.7 Å². The van der Waals surface area contributed by atoms with Gasteiger partial charge in [0.2, 0.25) is 11.8 Å². The summed E-state index contributed by atoms with van der Waals surface area (Å²) in [6.07, 6.45) is 3.74. The molecule has 5 heteroatoms. The maximum Gasteiger partial charge on any atom is 0.234 e. The Hall–Kier alpha value is -1.10. The first kappa shape index (κ1) is 18.0. The van der Waals surface area contributed by atoms with Gasteiger partial charge < -0.3 is 16.0 Å². The van der Waals surface area contributed by atoms with Crippen molar-refractivity contribution in [1.29, 1.82) is 0 Å². The molecule has 5 nitrogen and oxygen atoms in total. The van der Waals surface area contributed by atoms with Crippen LogP contribution in [0.5, 0.6) is 0 Å². The Morgan fingerprint density at radius 3 is 2.52 bits per heavy atom. The van der Waals surface area contributed by atoms with E-state index in [-0.39, 0.29) is 29.8 Å². The number of carbonyl (C=O) groups excluding carboxylic acids is 2. The lowest BCUT2D eigenvalue weighted by Gasteiger charge is -2.39. The molecule has 0 radical (unpaired) electrons. The number of unbranched alkanes of at least 4 members (excludes halogenated alkanes) is 1. The largest absolute Gasteiger partial charge is 0.368 e. The van der Waals surface area contributed by atoms with Gasteiger partial charge in [0.15, 0.2) is 0 Å². The van der Waals surface area contributed by atoms with E-state index in [0.29, 0.717) is 5.92 Å². The highest BCUT2D eigenvalue weighted by molar-refractivity contribution is 5.80. The van der Waals surface area contributed by atoms with E-state index in [1.165, 1.54) is 0 Å².